The molecule has 1 saturated heterocycles. The van der Waals surface area contributed by atoms with Crippen molar-refractivity contribution in [2.75, 3.05) is 26.2 Å². The maximum Gasteiger partial charge on any atom is 0.338 e. The quantitative estimate of drug-likeness (QED) is 0.200. The van der Waals surface area contributed by atoms with Crippen LogP contribution in [-0.4, -0.2) is 74.9 Å². The molecule has 228 valence electrons. The topological polar surface area (TPSA) is 119 Å². The Morgan fingerprint density at radius 2 is 1.47 bits per heavy atom. The van der Waals surface area contributed by atoms with Crippen molar-refractivity contribution in [1.82, 2.24) is 25.1 Å². The molecule has 3 aromatic carbocycles. The molecule has 6 rings (SSSR count). The fourth-order valence-electron chi connectivity index (χ4n) is 5.80. The van der Waals surface area contributed by atoms with E-state index in [1.54, 1.807) is 13.0 Å². The molecule has 0 aliphatic carbocycles. The molecule has 0 spiro atoms. The first-order valence-electron chi connectivity index (χ1n) is 14.8. The van der Waals surface area contributed by atoms with E-state index in [2.05, 4.69) is 44.5 Å². The Hall–Kier alpha value is -4.93. The Balaban J connectivity index is 1.16. The van der Waals surface area contributed by atoms with Crippen molar-refractivity contribution in [3.8, 4) is 0 Å². The van der Waals surface area contributed by atoms with E-state index in [0.717, 1.165) is 22.7 Å². The number of para-hydroxylation sites is 1. The zero-order valence-electron chi connectivity index (χ0n) is 24.7. The second-order valence-electron chi connectivity index (χ2n) is 10.9. The average molecular weight is 620 g/mol. The van der Waals surface area contributed by atoms with Crippen LogP contribution in [0.4, 0.5) is 0 Å². The molecule has 3 heterocycles. The number of carboxylic acids is 1. The average Bonchev–Trinajstić information content (AvgIpc) is 3.44. The number of carboxylic acid groups (broad SMARTS) is 1. The summed E-state index contributed by atoms with van der Waals surface area (Å²) in [6.07, 6.45) is 1.52. The first-order chi connectivity index (χ1) is 21.9. The number of carbonyl (C=O) groups is 3. The van der Waals surface area contributed by atoms with Crippen molar-refractivity contribution < 1.29 is 19.5 Å². The van der Waals surface area contributed by atoms with Crippen molar-refractivity contribution in [1.29, 1.82) is 0 Å². The van der Waals surface area contributed by atoms with E-state index in [0.29, 0.717) is 31.1 Å². The number of hydrogen-bond acceptors (Lipinski definition) is 6. The van der Waals surface area contributed by atoms with Gasteiger partial charge in [-0.15, -0.1) is 0 Å². The van der Waals surface area contributed by atoms with Gasteiger partial charge in [-0.25, -0.2) is 9.78 Å². The zero-order valence-corrected chi connectivity index (χ0v) is 25.5. The number of amides is 2. The summed E-state index contributed by atoms with van der Waals surface area (Å²) < 4.78 is 0. The van der Waals surface area contributed by atoms with E-state index >= 15 is 0 Å². The van der Waals surface area contributed by atoms with E-state index < -0.39 is 17.9 Å². The molecular formula is C35H33N5O4S. The Morgan fingerprint density at radius 3 is 2.11 bits per heavy atom. The predicted molar refractivity (Wildman–Crippen MR) is 173 cm³/mol. The molecule has 0 radical (unpaired) electrons. The Labute approximate surface area is 265 Å². The molecule has 2 aromatic heterocycles. The molecule has 0 unspecified atom stereocenters. The number of rotatable bonds is 9. The number of fused-ring (bicyclic) bond motifs is 1. The minimum atomic E-state index is -1.10. The van der Waals surface area contributed by atoms with Crippen molar-refractivity contribution in [2.24, 2.45) is 0 Å². The van der Waals surface area contributed by atoms with E-state index in [-0.39, 0.29) is 28.2 Å². The summed E-state index contributed by atoms with van der Waals surface area (Å²) in [7, 11) is 0. The first-order valence-corrected chi connectivity index (χ1v) is 15.6. The summed E-state index contributed by atoms with van der Waals surface area (Å²) >= 11 is 1.11. The van der Waals surface area contributed by atoms with Gasteiger partial charge in [-0.3, -0.25) is 14.5 Å². The van der Waals surface area contributed by atoms with Crippen LogP contribution < -0.4 is 5.32 Å². The number of carbonyl (C=O) groups excluding carboxylic acids is 2. The number of piperazine rings is 1. The molecule has 1 atom stereocenters. The molecule has 10 heteroatoms. The van der Waals surface area contributed by atoms with Crippen molar-refractivity contribution in [3.63, 3.8) is 0 Å². The fourth-order valence-corrected chi connectivity index (χ4v) is 6.91. The summed E-state index contributed by atoms with van der Waals surface area (Å²) in [6.45, 7) is 4.17. The highest BCUT2D eigenvalue weighted by molar-refractivity contribution is 7.99. The van der Waals surface area contributed by atoms with Crippen LogP contribution in [0.15, 0.2) is 113 Å². The third-order valence-electron chi connectivity index (χ3n) is 8.03. The van der Waals surface area contributed by atoms with Crippen LogP contribution >= 0.6 is 11.8 Å². The van der Waals surface area contributed by atoms with Crippen LogP contribution in [0, 0.1) is 0 Å². The number of aromatic amines is 1. The van der Waals surface area contributed by atoms with Gasteiger partial charge in [-0.1, -0.05) is 90.6 Å². The summed E-state index contributed by atoms with van der Waals surface area (Å²) in [5.41, 5.74) is 3.43. The van der Waals surface area contributed by atoms with E-state index in [1.165, 1.54) is 23.4 Å². The van der Waals surface area contributed by atoms with Crippen molar-refractivity contribution in [3.05, 3.63) is 126 Å². The van der Waals surface area contributed by atoms with Crippen LogP contribution in [0.2, 0.25) is 0 Å². The largest absolute Gasteiger partial charge is 0.478 e. The second kappa shape index (κ2) is 13.4. The van der Waals surface area contributed by atoms with Gasteiger partial charge in [0.15, 0.2) is 0 Å². The zero-order chi connectivity index (χ0) is 31.3. The number of aromatic nitrogens is 2. The number of nitrogens with zero attached hydrogens (tertiary/aromatic N) is 3. The third kappa shape index (κ3) is 6.47. The highest BCUT2D eigenvalue weighted by atomic mass is 32.2. The van der Waals surface area contributed by atoms with Gasteiger partial charge in [0.25, 0.3) is 5.91 Å². The molecule has 1 aliphatic rings. The number of nitrogens with one attached hydrogen (secondary N) is 2. The highest BCUT2D eigenvalue weighted by Gasteiger charge is 2.31. The molecular weight excluding hydrogens is 586 g/mol. The molecule has 1 fully saturated rings. The Morgan fingerprint density at radius 1 is 0.844 bits per heavy atom. The normalized spacial score (nSPS) is 14.4. The Bertz CT molecular complexity index is 1780. The number of pyridine rings is 1. The molecule has 3 N–H and O–H groups in total. The SMILES string of the molecule is C[C@H](NC(=O)c1[nH]c2ccccc2c1Sc1ncccc1C(=O)O)C(=O)N1CCN(C(c2ccccc2)c2ccccc2)CC1. The van der Waals surface area contributed by atoms with Crippen LogP contribution in [0.25, 0.3) is 10.9 Å². The van der Waals surface area contributed by atoms with Crippen LogP contribution in [0.5, 0.6) is 0 Å². The maximum absolute atomic E-state index is 13.6. The third-order valence-corrected chi connectivity index (χ3v) is 9.17. The lowest BCUT2D eigenvalue weighted by atomic mass is 9.96. The first kappa shape index (κ1) is 30.1. The smallest absolute Gasteiger partial charge is 0.338 e. The summed E-state index contributed by atoms with van der Waals surface area (Å²) in [5.74, 6) is -1.70. The number of aromatic carboxylic acids is 1. The lowest BCUT2D eigenvalue weighted by Gasteiger charge is -2.40. The maximum atomic E-state index is 13.6. The monoisotopic (exact) mass is 619 g/mol. The van der Waals surface area contributed by atoms with Gasteiger partial charge < -0.3 is 20.3 Å². The highest BCUT2D eigenvalue weighted by Crippen LogP contribution is 2.37. The van der Waals surface area contributed by atoms with Gasteiger partial charge in [-0.2, -0.15) is 0 Å². The molecule has 0 saturated carbocycles. The number of hydrogen-bond donors (Lipinski definition) is 3. The molecule has 9 nitrogen and oxygen atoms in total. The van der Waals surface area contributed by atoms with Crippen molar-refractivity contribution >= 4 is 40.4 Å². The number of H-pyrrole nitrogens is 1. The Kier molecular flexibility index (Phi) is 8.95. The summed E-state index contributed by atoms with van der Waals surface area (Å²) in [4.78, 5) is 51.2. The van der Waals surface area contributed by atoms with Crippen LogP contribution in [-0.2, 0) is 4.79 Å². The van der Waals surface area contributed by atoms with Gasteiger partial charge in [0.2, 0.25) is 5.91 Å². The molecule has 0 bridgehead atoms. The molecule has 5 aromatic rings. The minimum absolute atomic E-state index is 0.0450. The second-order valence-corrected chi connectivity index (χ2v) is 11.9. The van der Waals surface area contributed by atoms with Gasteiger partial charge >= 0.3 is 5.97 Å². The van der Waals surface area contributed by atoms with Crippen LogP contribution in [0.3, 0.4) is 0 Å². The summed E-state index contributed by atoms with van der Waals surface area (Å²) in [6, 6.07) is 30.6. The van der Waals surface area contributed by atoms with Gasteiger partial charge in [0.1, 0.15) is 16.8 Å². The number of benzene rings is 3. The summed E-state index contributed by atoms with van der Waals surface area (Å²) in [5, 5.41) is 13.6. The molecule has 1 aliphatic heterocycles. The van der Waals surface area contributed by atoms with E-state index in [4.69, 9.17) is 0 Å². The van der Waals surface area contributed by atoms with Gasteiger partial charge in [0.05, 0.1) is 16.5 Å². The lowest BCUT2D eigenvalue weighted by Crippen LogP contribution is -2.54. The standard InChI is InChI=1S/C35H33N5O4S/c1-23(34(42)40-21-19-39(20-22-40)30(24-11-4-2-5-12-24)25-13-6-3-7-14-25)37-32(41)29-31(26-15-8-9-17-28(26)38-29)45-33-27(35(43)44)16-10-18-36-33/h2-18,23,30,38H,19-22H2,1H3,(H,37,41)(H,43,44)/t23-/m0/s1. The van der Waals surface area contributed by atoms with Gasteiger partial charge in [-0.05, 0) is 36.2 Å². The van der Waals surface area contributed by atoms with Crippen LogP contribution in [0.1, 0.15) is 44.9 Å². The van der Waals surface area contributed by atoms with Gasteiger partial charge in [0, 0.05) is 43.3 Å². The van der Waals surface area contributed by atoms with E-state index in [1.807, 2.05) is 65.6 Å². The minimum Gasteiger partial charge on any atom is -0.478 e. The lowest BCUT2D eigenvalue weighted by molar-refractivity contribution is -0.134. The molecule has 45 heavy (non-hydrogen) atoms. The fraction of sp³-hybridized carbons (Fsp3) is 0.200. The van der Waals surface area contributed by atoms with Crippen molar-refractivity contribution in [2.45, 2.75) is 28.9 Å². The molecule has 2 amide bonds. The predicted octanol–water partition coefficient (Wildman–Crippen LogP) is 5.46. The van der Waals surface area contributed by atoms with E-state index in [9.17, 15) is 19.5 Å².